The van der Waals surface area contributed by atoms with Gasteiger partial charge in [0.2, 0.25) is 5.91 Å². The Morgan fingerprint density at radius 3 is 2.75 bits per heavy atom. The van der Waals surface area contributed by atoms with Crippen LogP contribution in [0.5, 0.6) is 0 Å². The average molecular weight is 371 g/mol. The summed E-state index contributed by atoms with van der Waals surface area (Å²) in [4.78, 5) is 16.9. The van der Waals surface area contributed by atoms with Crippen molar-refractivity contribution < 1.29 is 4.79 Å². The van der Waals surface area contributed by atoms with Crippen molar-refractivity contribution in [2.75, 3.05) is 18.4 Å². The molecule has 0 saturated carbocycles. The van der Waals surface area contributed by atoms with Crippen LogP contribution in [0.4, 0.5) is 5.82 Å². The first-order valence-electron chi connectivity index (χ1n) is 9.79. The summed E-state index contributed by atoms with van der Waals surface area (Å²) in [6, 6.07) is 14.7. The van der Waals surface area contributed by atoms with Crippen LogP contribution in [0.15, 0.2) is 55.2 Å². The van der Waals surface area contributed by atoms with Gasteiger partial charge in [-0.1, -0.05) is 36.9 Å². The molecule has 4 heteroatoms. The van der Waals surface area contributed by atoms with Crippen molar-refractivity contribution in [3.8, 4) is 11.1 Å². The molecule has 1 amide bonds. The molecule has 0 radical (unpaired) electrons. The number of piperidine rings is 1. The Kier molecular flexibility index (Phi) is 5.22. The standard InChI is InChI=1S/C24H25N3O/c1-3-17-5-4-16(2)22(12-17)20-7-6-19-14-23(26-15-21(19)13-20)27-24(28)18-8-10-25-11-9-18/h3-7,12-15,18,25H,1,8-11H2,2H3,(H,26,27,28). The third kappa shape index (κ3) is 3.82. The highest BCUT2D eigenvalue weighted by molar-refractivity contribution is 5.95. The number of aromatic nitrogens is 1. The highest BCUT2D eigenvalue weighted by Crippen LogP contribution is 2.29. The molecule has 0 atom stereocenters. The zero-order valence-corrected chi connectivity index (χ0v) is 16.2. The van der Waals surface area contributed by atoms with Gasteiger partial charge in [-0.15, -0.1) is 0 Å². The van der Waals surface area contributed by atoms with Crippen LogP contribution < -0.4 is 10.6 Å². The second-order valence-electron chi connectivity index (χ2n) is 7.42. The molecular weight excluding hydrogens is 346 g/mol. The Bertz CT molecular complexity index is 1040. The lowest BCUT2D eigenvalue weighted by Gasteiger charge is -2.21. The number of hydrogen-bond donors (Lipinski definition) is 2. The maximum absolute atomic E-state index is 12.5. The number of nitrogens with zero attached hydrogens (tertiary/aromatic N) is 1. The largest absolute Gasteiger partial charge is 0.317 e. The molecule has 142 valence electrons. The van der Waals surface area contributed by atoms with E-state index in [0.29, 0.717) is 5.82 Å². The van der Waals surface area contributed by atoms with Gasteiger partial charge >= 0.3 is 0 Å². The first kappa shape index (κ1) is 18.4. The minimum atomic E-state index is 0.0706. The molecule has 1 aliphatic rings. The summed E-state index contributed by atoms with van der Waals surface area (Å²) in [6.07, 6.45) is 5.46. The summed E-state index contributed by atoms with van der Waals surface area (Å²) >= 11 is 0. The lowest BCUT2D eigenvalue weighted by Crippen LogP contribution is -2.34. The van der Waals surface area contributed by atoms with E-state index >= 15 is 0 Å². The van der Waals surface area contributed by atoms with E-state index in [-0.39, 0.29) is 11.8 Å². The van der Waals surface area contributed by atoms with E-state index in [2.05, 4.69) is 65.5 Å². The minimum Gasteiger partial charge on any atom is -0.317 e. The van der Waals surface area contributed by atoms with Crippen molar-refractivity contribution in [2.24, 2.45) is 5.92 Å². The van der Waals surface area contributed by atoms with E-state index in [1.807, 2.05) is 18.3 Å². The molecule has 1 fully saturated rings. The van der Waals surface area contributed by atoms with Crippen molar-refractivity contribution in [3.05, 3.63) is 66.4 Å². The molecule has 2 aromatic carbocycles. The number of aryl methyl sites for hydroxylation is 1. The van der Waals surface area contributed by atoms with Crippen LogP contribution in [-0.2, 0) is 4.79 Å². The fraction of sp³-hybridized carbons (Fsp3) is 0.250. The number of benzene rings is 2. The first-order valence-corrected chi connectivity index (χ1v) is 9.79. The summed E-state index contributed by atoms with van der Waals surface area (Å²) in [6.45, 7) is 7.78. The normalized spacial score (nSPS) is 14.8. The number of carbonyl (C=O) groups is 1. The second kappa shape index (κ2) is 7.95. The van der Waals surface area contributed by atoms with Crippen molar-refractivity contribution >= 4 is 28.6 Å². The third-order valence-electron chi connectivity index (χ3n) is 5.49. The Morgan fingerprint density at radius 1 is 1.14 bits per heavy atom. The molecule has 1 saturated heterocycles. The lowest BCUT2D eigenvalue weighted by molar-refractivity contribution is -0.120. The molecule has 0 unspecified atom stereocenters. The molecule has 4 nitrogen and oxygen atoms in total. The van der Waals surface area contributed by atoms with Crippen molar-refractivity contribution in [1.29, 1.82) is 0 Å². The molecule has 2 heterocycles. The van der Waals surface area contributed by atoms with Crippen LogP contribution >= 0.6 is 0 Å². The number of anilines is 1. The topological polar surface area (TPSA) is 54.0 Å². The summed E-state index contributed by atoms with van der Waals surface area (Å²) in [5.41, 5.74) is 4.68. The van der Waals surface area contributed by atoms with E-state index in [9.17, 15) is 4.79 Å². The van der Waals surface area contributed by atoms with Crippen LogP contribution in [-0.4, -0.2) is 24.0 Å². The summed E-state index contributed by atoms with van der Waals surface area (Å²) in [7, 11) is 0. The van der Waals surface area contributed by atoms with E-state index in [1.54, 1.807) is 0 Å². The van der Waals surface area contributed by atoms with Gasteiger partial charge in [-0.05, 0) is 78.7 Å². The van der Waals surface area contributed by atoms with Gasteiger partial charge in [-0.2, -0.15) is 0 Å². The van der Waals surface area contributed by atoms with Crippen LogP contribution in [0.2, 0.25) is 0 Å². The molecule has 1 aromatic heterocycles. The first-order chi connectivity index (χ1) is 13.6. The van der Waals surface area contributed by atoms with Crippen molar-refractivity contribution in [2.45, 2.75) is 19.8 Å². The van der Waals surface area contributed by atoms with Crippen LogP contribution in [0.25, 0.3) is 28.0 Å². The highest BCUT2D eigenvalue weighted by Gasteiger charge is 2.21. The maximum Gasteiger partial charge on any atom is 0.228 e. The van der Waals surface area contributed by atoms with Gasteiger partial charge in [0.25, 0.3) is 0 Å². The summed E-state index contributed by atoms with van der Waals surface area (Å²) in [5.74, 6) is 0.761. The number of amides is 1. The zero-order valence-electron chi connectivity index (χ0n) is 16.2. The van der Waals surface area contributed by atoms with Gasteiger partial charge in [0.05, 0.1) is 0 Å². The number of pyridine rings is 1. The van der Waals surface area contributed by atoms with E-state index < -0.39 is 0 Å². The van der Waals surface area contributed by atoms with Crippen molar-refractivity contribution in [1.82, 2.24) is 10.3 Å². The highest BCUT2D eigenvalue weighted by atomic mass is 16.1. The maximum atomic E-state index is 12.5. The smallest absolute Gasteiger partial charge is 0.228 e. The van der Waals surface area contributed by atoms with Gasteiger partial charge in [-0.3, -0.25) is 4.79 Å². The van der Waals surface area contributed by atoms with Crippen LogP contribution in [0, 0.1) is 12.8 Å². The van der Waals surface area contributed by atoms with Crippen LogP contribution in [0.1, 0.15) is 24.0 Å². The minimum absolute atomic E-state index is 0.0706. The molecular formula is C24H25N3O. The van der Waals surface area contributed by atoms with Gasteiger partial charge < -0.3 is 10.6 Å². The van der Waals surface area contributed by atoms with Gasteiger partial charge in [0.1, 0.15) is 5.82 Å². The number of carbonyl (C=O) groups excluding carboxylic acids is 1. The third-order valence-corrected chi connectivity index (χ3v) is 5.49. The number of rotatable bonds is 4. The Balaban J connectivity index is 1.59. The van der Waals surface area contributed by atoms with E-state index in [0.717, 1.165) is 47.8 Å². The van der Waals surface area contributed by atoms with Crippen molar-refractivity contribution in [3.63, 3.8) is 0 Å². The number of hydrogen-bond acceptors (Lipinski definition) is 3. The average Bonchev–Trinajstić information content (AvgIpc) is 2.74. The second-order valence-corrected chi connectivity index (χ2v) is 7.42. The quantitative estimate of drug-likeness (QED) is 0.693. The summed E-state index contributed by atoms with van der Waals surface area (Å²) < 4.78 is 0. The van der Waals surface area contributed by atoms with Crippen LogP contribution in [0.3, 0.4) is 0 Å². The molecule has 28 heavy (non-hydrogen) atoms. The SMILES string of the molecule is C=Cc1ccc(C)c(-c2ccc3cc(NC(=O)C4CCNCC4)ncc3c2)c1. The predicted octanol–water partition coefficient (Wildman–Crippen LogP) is 4.79. The van der Waals surface area contributed by atoms with E-state index in [4.69, 9.17) is 0 Å². The predicted molar refractivity (Wildman–Crippen MR) is 116 cm³/mol. The zero-order chi connectivity index (χ0) is 19.5. The molecule has 0 spiro atoms. The lowest BCUT2D eigenvalue weighted by atomic mass is 9.96. The van der Waals surface area contributed by atoms with Gasteiger partial charge in [0, 0.05) is 17.5 Å². The molecule has 0 bridgehead atoms. The molecule has 1 aliphatic heterocycles. The monoisotopic (exact) mass is 371 g/mol. The molecule has 3 aromatic rings. The van der Waals surface area contributed by atoms with Gasteiger partial charge in [-0.25, -0.2) is 4.98 Å². The summed E-state index contributed by atoms with van der Waals surface area (Å²) in [5, 5.41) is 8.39. The van der Waals surface area contributed by atoms with Gasteiger partial charge in [0.15, 0.2) is 0 Å². The molecule has 4 rings (SSSR count). The Hall–Kier alpha value is -2.98. The fourth-order valence-corrected chi connectivity index (χ4v) is 3.77. The number of fused-ring (bicyclic) bond motifs is 1. The van der Waals surface area contributed by atoms with E-state index in [1.165, 1.54) is 11.1 Å². The Morgan fingerprint density at radius 2 is 1.96 bits per heavy atom. The molecule has 0 aliphatic carbocycles. The fourth-order valence-electron chi connectivity index (χ4n) is 3.77. The molecule has 2 N–H and O–H groups in total. The number of nitrogens with one attached hydrogen (secondary N) is 2. The Labute approximate surface area is 165 Å².